The van der Waals surface area contributed by atoms with Crippen LogP contribution >= 0.6 is 0 Å². The molecular formula is C16H18N2O. The molecule has 0 atom stereocenters. The van der Waals surface area contributed by atoms with E-state index in [-0.39, 0.29) is 11.8 Å². The zero-order chi connectivity index (χ0) is 13.8. The number of ketones is 1. The summed E-state index contributed by atoms with van der Waals surface area (Å²) in [6.07, 6.45) is 6.81. The molecule has 19 heavy (non-hydrogen) atoms. The molecule has 0 radical (unpaired) electrons. The monoisotopic (exact) mass is 254 g/mol. The smallest absolute Gasteiger partial charge is 0.189 e. The largest absolute Gasteiger partial charge is 0.289 e. The summed E-state index contributed by atoms with van der Waals surface area (Å²) in [6, 6.07) is 8.32. The highest BCUT2D eigenvalue weighted by Gasteiger charge is 2.06. The Balaban J connectivity index is 2.09. The molecule has 0 saturated carbocycles. The molecule has 0 bridgehead atoms. The lowest BCUT2D eigenvalue weighted by Gasteiger charge is -2.02. The lowest BCUT2D eigenvalue weighted by Crippen LogP contribution is -2.00. The summed E-state index contributed by atoms with van der Waals surface area (Å²) >= 11 is 0. The molecule has 0 saturated heterocycles. The molecule has 0 aliphatic rings. The fourth-order valence-electron chi connectivity index (χ4n) is 1.69. The van der Waals surface area contributed by atoms with Gasteiger partial charge in [0.1, 0.15) is 0 Å². The molecule has 0 unspecified atom stereocenters. The molecule has 3 heteroatoms. The van der Waals surface area contributed by atoms with Crippen molar-refractivity contribution in [1.82, 2.24) is 9.78 Å². The number of hydrogen-bond acceptors (Lipinski definition) is 2. The Morgan fingerprint density at radius 2 is 1.95 bits per heavy atom. The van der Waals surface area contributed by atoms with Gasteiger partial charge in [-0.2, -0.15) is 5.10 Å². The van der Waals surface area contributed by atoms with E-state index < -0.39 is 0 Å². The van der Waals surface area contributed by atoms with Crippen molar-refractivity contribution in [1.29, 1.82) is 0 Å². The van der Waals surface area contributed by atoms with Crippen molar-refractivity contribution < 1.29 is 4.79 Å². The Morgan fingerprint density at radius 1 is 1.26 bits per heavy atom. The second-order valence-electron chi connectivity index (χ2n) is 4.91. The zero-order valence-electron chi connectivity index (χ0n) is 11.5. The van der Waals surface area contributed by atoms with Crippen LogP contribution in [-0.4, -0.2) is 15.6 Å². The molecule has 1 aromatic heterocycles. The van der Waals surface area contributed by atoms with E-state index in [2.05, 4.69) is 5.10 Å². The summed E-state index contributed by atoms with van der Waals surface area (Å²) in [7, 11) is 0. The first kappa shape index (κ1) is 13.3. The third kappa shape index (κ3) is 3.41. The van der Waals surface area contributed by atoms with Crippen molar-refractivity contribution in [3.8, 4) is 0 Å². The topological polar surface area (TPSA) is 34.9 Å². The number of carbonyl (C=O) groups is 1. The first-order chi connectivity index (χ1) is 9.06. The standard InChI is InChI=1S/C16H18N2O/c1-12(2)18-11-15(10-17-18)16(19)9-8-14-6-4-13(3)5-7-14/h4-12H,1-3H3. The summed E-state index contributed by atoms with van der Waals surface area (Å²) in [5.41, 5.74) is 2.86. The van der Waals surface area contributed by atoms with Gasteiger partial charge < -0.3 is 0 Å². The highest BCUT2D eigenvalue weighted by molar-refractivity contribution is 6.06. The van der Waals surface area contributed by atoms with Gasteiger partial charge in [-0.1, -0.05) is 35.9 Å². The molecule has 0 N–H and O–H groups in total. The zero-order valence-corrected chi connectivity index (χ0v) is 11.5. The fourth-order valence-corrected chi connectivity index (χ4v) is 1.69. The normalized spacial score (nSPS) is 11.4. The van der Waals surface area contributed by atoms with Gasteiger partial charge in [0.15, 0.2) is 5.78 Å². The molecule has 0 fully saturated rings. The highest BCUT2D eigenvalue weighted by Crippen LogP contribution is 2.09. The van der Waals surface area contributed by atoms with Crippen LogP contribution in [0.4, 0.5) is 0 Å². The van der Waals surface area contributed by atoms with Gasteiger partial charge in [-0.25, -0.2) is 0 Å². The van der Waals surface area contributed by atoms with E-state index >= 15 is 0 Å². The van der Waals surface area contributed by atoms with Crippen molar-refractivity contribution in [3.63, 3.8) is 0 Å². The maximum Gasteiger partial charge on any atom is 0.189 e. The molecule has 0 aliphatic heterocycles. The number of hydrogen-bond donors (Lipinski definition) is 0. The van der Waals surface area contributed by atoms with E-state index in [1.807, 2.05) is 51.1 Å². The Labute approximate surface area is 113 Å². The van der Waals surface area contributed by atoms with E-state index in [9.17, 15) is 4.79 Å². The predicted molar refractivity (Wildman–Crippen MR) is 77.2 cm³/mol. The lowest BCUT2D eigenvalue weighted by atomic mass is 10.1. The van der Waals surface area contributed by atoms with E-state index in [0.717, 1.165) is 5.56 Å². The summed E-state index contributed by atoms with van der Waals surface area (Å²) in [5.74, 6) is -0.0209. The highest BCUT2D eigenvalue weighted by atomic mass is 16.1. The molecule has 2 aromatic rings. The van der Waals surface area contributed by atoms with E-state index in [0.29, 0.717) is 5.56 Å². The Hall–Kier alpha value is -2.16. The van der Waals surface area contributed by atoms with Crippen LogP contribution in [0.25, 0.3) is 6.08 Å². The fraction of sp³-hybridized carbons (Fsp3) is 0.250. The summed E-state index contributed by atoms with van der Waals surface area (Å²) in [5, 5.41) is 4.17. The Kier molecular flexibility index (Phi) is 3.95. The minimum atomic E-state index is -0.0209. The summed E-state index contributed by atoms with van der Waals surface area (Å²) in [6.45, 7) is 6.10. The molecule has 2 rings (SSSR count). The Bertz CT molecular complexity index is 591. The number of nitrogens with zero attached hydrogens (tertiary/aromatic N) is 2. The van der Waals surface area contributed by atoms with Crippen LogP contribution in [0.5, 0.6) is 0 Å². The third-order valence-corrected chi connectivity index (χ3v) is 2.92. The number of allylic oxidation sites excluding steroid dienone is 1. The van der Waals surface area contributed by atoms with Crippen LogP contribution in [-0.2, 0) is 0 Å². The van der Waals surface area contributed by atoms with Crippen molar-refractivity contribution in [2.45, 2.75) is 26.8 Å². The van der Waals surface area contributed by atoms with Crippen LogP contribution in [0.15, 0.2) is 42.7 Å². The van der Waals surface area contributed by atoms with Gasteiger partial charge in [-0.15, -0.1) is 0 Å². The number of aromatic nitrogens is 2. The van der Waals surface area contributed by atoms with Crippen molar-refractivity contribution in [2.24, 2.45) is 0 Å². The van der Waals surface area contributed by atoms with Gasteiger partial charge in [0, 0.05) is 12.2 Å². The van der Waals surface area contributed by atoms with E-state index in [1.54, 1.807) is 23.2 Å². The van der Waals surface area contributed by atoms with Crippen LogP contribution < -0.4 is 0 Å². The van der Waals surface area contributed by atoms with E-state index in [4.69, 9.17) is 0 Å². The third-order valence-electron chi connectivity index (χ3n) is 2.92. The Morgan fingerprint density at radius 3 is 2.53 bits per heavy atom. The number of aryl methyl sites for hydroxylation is 1. The number of carbonyl (C=O) groups excluding carboxylic acids is 1. The average Bonchev–Trinajstić information content (AvgIpc) is 2.87. The van der Waals surface area contributed by atoms with Crippen LogP contribution in [0.2, 0.25) is 0 Å². The lowest BCUT2D eigenvalue weighted by molar-refractivity contribution is 0.104. The molecule has 1 heterocycles. The minimum absolute atomic E-state index is 0.0209. The molecule has 1 aromatic carbocycles. The van der Waals surface area contributed by atoms with Crippen LogP contribution in [0.3, 0.4) is 0 Å². The second kappa shape index (κ2) is 5.65. The van der Waals surface area contributed by atoms with Crippen molar-refractivity contribution in [3.05, 3.63) is 59.4 Å². The SMILES string of the molecule is Cc1ccc(C=CC(=O)c2cnn(C(C)C)c2)cc1. The summed E-state index contributed by atoms with van der Waals surface area (Å²) < 4.78 is 1.78. The van der Waals surface area contributed by atoms with Crippen LogP contribution in [0.1, 0.15) is 41.4 Å². The molecule has 98 valence electrons. The minimum Gasteiger partial charge on any atom is -0.289 e. The predicted octanol–water partition coefficient (Wildman–Crippen LogP) is 3.67. The van der Waals surface area contributed by atoms with Gasteiger partial charge in [-0.05, 0) is 32.4 Å². The first-order valence-electron chi connectivity index (χ1n) is 6.39. The maximum absolute atomic E-state index is 12.0. The second-order valence-corrected chi connectivity index (χ2v) is 4.91. The average molecular weight is 254 g/mol. The maximum atomic E-state index is 12.0. The molecule has 3 nitrogen and oxygen atoms in total. The van der Waals surface area contributed by atoms with Crippen molar-refractivity contribution in [2.75, 3.05) is 0 Å². The van der Waals surface area contributed by atoms with Gasteiger partial charge in [0.25, 0.3) is 0 Å². The van der Waals surface area contributed by atoms with Gasteiger partial charge in [0.2, 0.25) is 0 Å². The van der Waals surface area contributed by atoms with Crippen molar-refractivity contribution >= 4 is 11.9 Å². The first-order valence-corrected chi connectivity index (χ1v) is 6.39. The van der Waals surface area contributed by atoms with E-state index in [1.165, 1.54) is 5.56 Å². The molecule has 0 aliphatic carbocycles. The van der Waals surface area contributed by atoms with Gasteiger partial charge in [-0.3, -0.25) is 9.48 Å². The van der Waals surface area contributed by atoms with Gasteiger partial charge in [0.05, 0.1) is 11.8 Å². The molecule has 0 spiro atoms. The molecular weight excluding hydrogens is 236 g/mol. The van der Waals surface area contributed by atoms with Crippen LogP contribution in [0, 0.1) is 6.92 Å². The number of rotatable bonds is 4. The molecule has 0 amide bonds. The van der Waals surface area contributed by atoms with Gasteiger partial charge >= 0.3 is 0 Å². The number of benzene rings is 1. The summed E-state index contributed by atoms with van der Waals surface area (Å²) in [4.78, 5) is 12.0. The quantitative estimate of drug-likeness (QED) is 0.616.